The van der Waals surface area contributed by atoms with Crippen molar-refractivity contribution >= 4 is 0 Å². The van der Waals surface area contributed by atoms with Crippen molar-refractivity contribution in [3.05, 3.63) is 23.8 Å². The maximum atomic E-state index is 5.00. The first-order valence-electron chi connectivity index (χ1n) is 5.86. The quantitative estimate of drug-likeness (QED) is 0.646. The van der Waals surface area contributed by atoms with Crippen molar-refractivity contribution < 1.29 is 9.47 Å². The molecule has 1 heterocycles. The number of rotatable bonds is 9. The minimum absolute atomic E-state index is 0.714. The van der Waals surface area contributed by atoms with Crippen molar-refractivity contribution in [2.45, 2.75) is 19.4 Å². The smallest absolute Gasteiger partial charge is 0.128 e. The van der Waals surface area contributed by atoms with E-state index >= 15 is 0 Å². The Hall–Kier alpha value is -1.04. The van der Waals surface area contributed by atoms with Gasteiger partial charge in [-0.3, -0.25) is 0 Å². The average molecular weight is 239 g/mol. The highest BCUT2D eigenvalue weighted by Gasteiger charge is 1.99. The molecule has 1 aromatic rings. The summed E-state index contributed by atoms with van der Waals surface area (Å²) in [6, 6.07) is 1.93. The van der Waals surface area contributed by atoms with Crippen LogP contribution in [0.25, 0.3) is 0 Å². The van der Waals surface area contributed by atoms with Gasteiger partial charge in [0.2, 0.25) is 0 Å². The molecule has 0 fully saturated rings. The number of methoxy groups -OCH3 is 2. The summed E-state index contributed by atoms with van der Waals surface area (Å²) in [5.41, 5.74) is 1.02. The SMILES string of the molecule is COCCCc1nccc(CNCCOC)n1. The van der Waals surface area contributed by atoms with Gasteiger partial charge < -0.3 is 14.8 Å². The lowest BCUT2D eigenvalue weighted by Crippen LogP contribution is -2.19. The third kappa shape index (κ3) is 6.31. The van der Waals surface area contributed by atoms with Crippen LogP contribution in [0.4, 0.5) is 0 Å². The summed E-state index contributed by atoms with van der Waals surface area (Å²) in [5.74, 6) is 0.882. The summed E-state index contributed by atoms with van der Waals surface area (Å²) in [6.45, 7) is 3.05. The van der Waals surface area contributed by atoms with Crippen LogP contribution in [0.3, 0.4) is 0 Å². The largest absolute Gasteiger partial charge is 0.385 e. The summed E-state index contributed by atoms with van der Waals surface area (Å²) in [4.78, 5) is 8.71. The first kappa shape index (κ1) is 14.0. The van der Waals surface area contributed by atoms with Gasteiger partial charge in [0.15, 0.2) is 0 Å². The standard InChI is InChI=1S/C12H21N3O2/c1-16-8-3-4-12-14-6-5-11(15-12)10-13-7-9-17-2/h5-6,13H,3-4,7-10H2,1-2H3. The van der Waals surface area contributed by atoms with Gasteiger partial charge in [0.05, 0.1) is 12.3 Å². The van der Waals surface area contributed by atoms with E-state index in [4.69, 9.17) is 9.47 Å². The van der Waals surface area contributed by atoms with Gasteiger partial charge in [-0.2, -0.15) is 0 Å². The van der Waals surface area contributed by atoms with Crippen LogP contribution in [-0.4, -0.2) is 43.9 Å². The molecule has 1 N–H and O–H groups in total. The van der Waals surface area contributed by atoms with Crippen LogP contribution >= 0.6 is 0 Å². The van der Waals surface area contributed by atoms with Crippen LogP contribution in [0.5, 0.6) is 0 Å². The Morgan fingerprint density at radius 3 is 2.82 bits per heavy atom. The number of hydrogen-bond donors (Lipinski definition) is 1. The molecule has 17 heavy (non-hydrogen) atoms. The molecule has 0 unspecified atom stereocenters. The van der Waals surface area contributed by atoms with E-state index in [1.54, 1.807) is 14.2 Å². The van der Waals surface area contributed by atoms with E-state index < -0.39 is 0 Å². The fourth-order valence-corrected chi connectivity index (χ4v) is 1.43. The molecule has 0 aliphatic rings. The van der Waals surface area contributed by atoms with E-state index in [9.17, 15) is 0 Å². The molecule has 0 spiro atoms. The Balaban J connectivity index is 2.31. The van der Waals surface area contributed by atoms with Crippen molar-refractivity contribution in [2.24, 2.45) is 0 Å². The Bertz CT molecular complexity index is 308. The van der Waals surface area contributed by atoms with Crippen LogP contribution in [0, 0.1) is 0 Å². The molecule has 0 saturated carbocycles. The van der Waals surface area contributed by atoms with Gasteiger partial charge >= 0.3 is 0 Å². The molecule has 0 aliphatic heterocycles. The first-order chi connectivity index (χ1) is 8.36. The molecule has 5 heteroatoms. The molecule has 1 rings (SSSR count). The molecule has 1 aromatic heterocycles. The zero-order valence-electron chi connectivity index (χ0n) is 10.6. The third-order valence-electron chi connectivity index (χ3n) is 2.30. The van der Waals surface area contributed by atoms with E-state index in [-0.39, 0.29) is 0 Å². The Labute approximate surface area is 103 Å². The van der Waals surface area contributed by atoms with E-state index in [1.165, 1.54) is 0 Å². The van der Waals surface area contributed by atoms with Crippen LogP contribution in [0.2, 0.25) is 0 Å². The second-order valence-corrected chi connectivity index (χ2v) is 3.73. The molecule has 0 bridgehead atoms. The zero-order valence-corrected chi connectivity index (χ0v) is 10.6. The molecule has 0 atom stereocenters. The van der Waals surface area contributed by atoms with Gasteiger partial charge in [-0.15, -0.1) is 0 Å². The predicted molar refractivity (Wildman–Crippen MR) is 65.8 cm³/mol. The van der Waals surface area contributed by atoms with E-state index in [1.807, 2.05) is 12.3 Å². The number of aromatic nitrogens is 2. The number of nitrogens with zero attached hydrogens (tertiary/aromatic N) is 2. The molecule has 0 saturated heterocycles. The minimum Gasteiger partial charge on any atom is -0.385 e. The van der Waals surface area contributed by atoms with Crippen LogP contribution in [0.15, 0.2) is 12.3 Å². The van der Waals surface area contributed by atoms with Gasteiger partial charge in [0, 0.05) is 46.5 Å². The fourth-order valence-electron chi connectivity index (χ4n) is 1.43. The van der Waals surface area contributed by atoms with Gasteiger partial charge in [0.1, 0.15) is 5.82 Å². The highest BCUT2D eigenvalue weighted by Crippen LogP contribution is 1.99. The topological polar surface area (TPSA) is 56.3 Å². The minimum atomic E-state index is 0.714. The number of aryl methyl sites for hydroxylation is 1. The van der Waals surface area contributed by atoms with Crippen molar-refractivity contribution in [1.82, 2.24) is 15.3 Å². The zero-order chi connectivity index (χ0) is 12.3. The number of hydrogen-bond acceptors (Lipinski definition) is 5. The maximum Gasteiger partial charge on any atom is 0.128 e. The maximum absolute atomic E-state index is 5.00. The Morgan fingerprint density at radius 1 is 1.24 bits per heavy atom. The van der Waals surface area contributed by atoms with Crippen molar-refractivity contribution in [1.29, 1.82) is 0 Å². The van der Waals surface area contributed by atoms with E-state index in [0.29, 0.717) is 6.61 Å². The molecular formula is C12H21N3O2. The second-order valence-electron chi connectivity index (χ2n) is 3.73. The Morgan fingerprint density at radius 2 is 2.06 bits per heavy atom. The lowest BCUT2D eigenvalue weighted by atomic mass is 10.3. The van der Waals surface area contributed by atoms with Crippen LogP contribution < -0.4 is 5.32 Å². The fraction of sp³-hybridized carbons (Fsp3) is 0.667. The van der Waals surface area contributed by atoms with Gasteiger partial charge in [-0.05, 0) is 12.5 Å². The second kappa shape index (κ2) is 9.04. The summed E-state index contributed by atoms with van der Waals surface area (Å²) in [7, 11) is 3.40. The first-order valence-corrected chi connectivity index (χ1v) is 5.86. The van der Waals surface area contributed by atoms with Crippen molar-refractivity contribution in [3.8, 4) is 0 Å². The Kier molecular flexibility index (Phi) is 7.46. The van der Waals surface area contributed by atoms with Crippen LogP contribution in [0.1, 0.15) is 17.9 Å². The molecule has 96 valence electrons. The number of nitrogens with one attached hydrogen (secondary N) is 1. The summed E-state index contributed by atoms with van der Waals surface area (Å²) in [5, 5.41) is 3.26. The normalized spacial score (nSPS) is 10.7. The summed E-state index contributed by atoms with van der Waals surface area (Å²) < 4.78 is 9.96. The molecule has 0 amide bonds. The number of ether oxygens (including phenoxy) is 2. The molecule has 0 radical (unpaired) electrons. The highest BCUT2D eigenvalue weighted by molar-refractivity contribution is 5.02. The predicted octanol–water partition coefficient (Wildman–Crippen LogP) is 0.792. The lowest BCUT2D eigenvalue weighted by Gasteiger charge is -2.05. The van der Waals surface area contributed by atoms with E-state index in [2.05, 4.69) is 15.3 Å². The van der Waals surface area contributed by atoms with Crippen LogP contribution in [-0.2, 0) is 22.4 Å². The molecule has 5 nitrogen and oxygen atoms in total. The molecule has 0 aliphatic carbocycles. The molecule has 0 aromatic carbocycles. The molecular weight excluding hydrogens is 218 g/mol. The monoisotopic (exact) mass is 239 g/mol. The third-order valence-corrected chi connectivity index (χ3v) is 2.30. The lowest BCUT2D eigenvalue weighted by molar-refractivity contribution is 0.194. The van der Waals surface area contributed by atoms with Crippen molar-refractivity contribution in [3.63, 3.8) is 0 Å². The van der Waals surface area contributed by atoms with Crippen molar-refractivity contribution in [2.75, 3.05) is 34.0 Å². The highest BCUT2D eigenvalue weighted by atomic mass is 16.5. The van der Waals surface area contributed by atoms with Gasteiger partial charge in [0.25, 0.3) is 0 Å². The summed E-state index contributed by atoms with van der Waals surface area (Å²) >= 11 is 0. The summed E-state index contributed by atoms with van der Waals surface area (Å²) in [6.07, 6.45) is 3.62. The van der Waals surface area contributed by atoms with Gasteiger partial charge in [-0.25, -0.2) is 9.97 Å². The van der Waals surface area contributed by atoms with E-state index in [0.717, 1.165) is 44.1 Å². The van der Waals surface area contributed by atoms with Gasteiger partial charge in [-0.1, -0.05) is 0 Å². The average Bonchev–Trinajstić information content (AvgIpc) is 2.36.